The molecule has 1 aromatic rings. The highest BCUT2D eigenvalue weighted by Gasteiger charge is 2.38. The summed E-state index contributed by atoms with van der Waals surface area (Å²) in [7, 11) is 0. The van der Waals surface area contributed by atoms with Gasteiger partial charge in [-0.1, -0.05) is 12.1 Å². The van der Waals surface area contributed by atoms with Gasteiger partial charge in [-0.05, 0) is 49.3 Å². The van der Waals surface area contributed by atoms with Crippen LogP contribution in [0.1, 0.15) is 37.3 Å². The number of aliphatic carboxylic acids is 1. The number of halogens is 1. The summed E-state index contributed by atoms with van der Waals surface area (Å²) in [5.41, 5.74) is 7.60. The summed E-state index contributed by atoms with van der Waals surface area (Å²) in [6, 6.07) is 7.72. The third-order valence-electron chi connectivity index (χ3n) is 6.15. The van der Waals surface area contributed by atoms with Crippen LogP contribution in [0.5, 0.6) is 0 Å². The molecule has 2 atom stereocenters. The maximum absolute atomic E-state index is 13.2. The number of hydrazine groups is 1. The lowest BCUT2D eigenvalue weighted by Gasteiger charge is -2.43. The second kappa shape index (κ2) is 8.22. The first kappa shape index (κ1) is 18.8. The molecule has 3 fully saturated rings. The SMILES string of the molecule is O=C(O)CN(CC1CC1)C1CC(NCC2CNNC2c2ccc(F)cc2)C1. The Balaban J connectivity index is 1.23. The summed E-state index contributed by atoms with van der Waals surface area (Å²) in [6.45, 7) is 2.86. The van der Waals surface area contributed by atoms with Gasteiger partial charge >= 0.3 is 5.97 Å². The van der Waals surface area contributed by atoms with Crippen LogP contribution in [0, 0.1) is 17.7 Å². The molecule has 1 aliphatic heterocycles. The molecule has 2 aliphatic carbocycles. The van der Waals surface area contributed by atoms with Crippen LogP contribution in [0.25, 0.3) is 0 Å². The van der Waals surface area contributed by atoms with E-state index in [0.717, 1.165) is 38.0 Å². The van der Waals surface area contributed by atoms with Gasteiger partial charge < -0.3 is 10.4 Å². The highest BCUT2D eigenvalue weighted by atomic mass is 19.1. The molecule has 148 valence electrons. The lowest BCUT2D eigenvalue weighted by Crippen LogP contribution is -2.55. The molecule has 2 unspecified atom stereocenters. The van der Waals surface area contributed by atoms with Crippen molar-refractivity contribution in [2.45, 2.75) is 43.8 Å². The van der Waals surface area contributed by atoms with Crippen molar-refractivity contribution in [1.29, 1.82) is 0 Å². The van der Waals surface area contributed by atoms with Gasteiger partial charge in [-0.2, -0.15) is 0 Å². The van der Waals surface area contributed by atoms with Crippen molar-refractivity contribution >= 4 is 5.97 Å². The molecular weight excluding hydrogens is 347 g/mol. The lowest BCUT2D eigenvalue weighted by atomic mass is 9.84. The number of benzene rings is 1. The maximum atomic E-state index is 13.2. The molecule has 0 spiro atoms. The average Bonchev–Trinajstić information content (AvgIpc) is 3.28. The maximum Gasteiger partial charge on any atom is 0.317 e. The fourth-order valence-electron chi connectivity index (χ4n) is 4.27. The molecule has 1 saturated heterocycles. The Labute approximate surface area is 159 Å². The zero-order valence-electron chi connectivity index (χ0n) is 15.5. The quantitative estimate of drug-likeness (QED) is 0.523. The van der Waals surface area contributed by atoms with Gasteiger partial charge in [-0.3, -0.25) is 15.1 Å². The Morgan fingerprint density at radius 3 is 2.67 bits per heavy atom. The number of nitrogens with zero attached hydrogens (tertiary/aromatic N) is 1. The number of carbonyl (C=O) groups is 1. The van der Waals surface area contributed by atoms with E-state index in [1.807, 2.05) is 12.1 Å². The molecule has 0 bridgehead atoms. The molecule has 2 saturated carbocycles. The van der Waals surface area contributed by atoms with Gasteiger partial charge in [-0.25, -0.2) is 9.82 Å². The summed E-state index contributed by atoms with van der Waals surface area (Å²) in [5.74, 6) is 0.175. The first-order valence-electron chi connectivity index (χ1n) is 10.0. The van der Waals surface area contributed by atoms with Crippen molar-refractivity contribution in [2.75, 3.05) is 26.2 Å². The second-order valence-corrected chi connectivity index (χ2v) is 8.31. The number of hydrogen-bond donors (Lipinski definition) is 4. The highest BCUT2D eigenvalue weighted by molar-refractivity contribution is 5.69. The van der Waals surface area contributed by atoms with Crippen molar-refractivity contribution in [3.8, 4) is 0 Å². The van der Waals surface area contributed by atoms with E-state index in [0.29, 0.717) is 23.9 Å². The zero-order chi connectivity index (χ0) is 18.8. The molecule has 0 radical (unpaired) electrons. The summed E-state index contributed by atoms with van der Waals surface area (Å²) in [5, 5.41) is 12.8. The predicted octanol–water partition coefficient (Wildman–Crippen LogP) is 1.51. The molecule has 6 nitrogen and oxygen atoms in total. The van der Waals surface area contributed by atoms with Crippen molar-refractivity contribution in [1.82, 2.24) is 21.1 Å². The Kier molecular flexibility index (Phi) is 5.73. The minimum absolute atomic E-state index is 0.164. The molecule has 1 heterocycles. The summed E-state index contributed by atoms with van der Waals surface area (Å²) in [4.78, 5) is 13.3. The molecule has 3 aliphatic rings. The van der Waals surface area contributed by atoms with Crippen LogP contribution < -0.4 is 16.2 Å². The van der Waals surface area contributed by atoms with E-state index >= 15 is 0 Å². The van der Waals surface area contributed by atoms with Gasteiger partial charge in [0.15, 0.2) is 0 Å². The van der Waals surface area contributed by atoms with E-state index in [2.05, 4.69) is 21.1 Å². The fourth-order valence-corrected chi connectivity index (χ4v) is 4.27. The summed E-state index contributed by atoms with van der Waals surface area (Å²) < 4.78 is 13.2. The minimum Gasteiger partial charge on any atom is -0.480 e. The van der Waals surface area contributed by atoms with Crippen molar-refractivity contribution in [3.63, 3.8) is 0 Å². The topological polar surface area (TPSA) is 76.6 Å². The number of carboxylic acid groups (broad SMARTS) is 1. The first-order valence-corrected chi connectivity index (χ1v) is 10.0. The molecule has 4 N–H and O–H groups in total. The van der Waals surface area contributed by atoms with Crippen molar-refractivity contribution in [3.05, 3.63) is 35.6 Å². The molecule has 4 rings (SSSR count). The van der Waals surface area contributed by atoms with Crippen LogP contribution in [-0.2, 0) is 4.79 Å². The summed E-state index contributed by atoms with van der Waals surface area (Å²) in [6.07, 6.45) is 4.54. The van der Waals surface area contributed by atoms with E-state index in [9.17, 15) is 9.18 Å². The van der Waals surface area contributed by atoms with Crippen LogP contribution >= 0.6 is 0 Å². The van der Waals surface area contributed by atoms with E-state index in [1.54, 1.807) is 0 Å². The van der Waals surface area contributed by atoms with Crippen LogP contribution in [0.15, 0.2) is 24.3 Å². The first-order chi connectivity index (χ1) is 13.1. The normalized spacial score (nSPS) is 30.4. The van der Waals surface area contributed by atoms with Crippen LogP contribution in [0.2, 0.25) is 0 Å². The number of carboxylic acids is 1. The molecule has 0 amide bonds. The largest absolute Gasteiger partial charge is 0.480 e. The molecular formula is C20H29FN4O2. The standard InChI is InChI=1S/C20H29FN4O2/c21-16-5-3-14(4-6-16)20-15(10-23-24-20)9-22-17-7-18(8-17)25(12-19(26)27)11-13-1-2-13/h3-6,13,15,17-18,20,22-24H,1-2,7-12H2,(H,26,27). The van der Waals surface area contributed by atoms with Crippen molar-refractivity contribution < 1.29 is 14.3 Å². The van der Waals surface area contributed by atoms with Gasteiger partial charge in [0.2, 0.25) is 0 Å². The van der Waals surface area contributed by atoms with E-state index in [-0.39, 0.29) is 18.4 Å². The van der Waals surface area contributed by atoms with Gasteiger partial charge in [0, 0.05) is 37.6 Å². The van der Waals surface area contributed by atoms with E-state index in [4.69, 9.17) is 5.11 Å². The smallest absolute Gasteiger partial charge is 0.317 e. The fraction of sp³-hybridized carbons (Fsp3) is 0.650. The van der Waals surface area contributed by atoms with E-state index < -0.39 is 5.97 Å². The van der Waals surface area contributed by atoms with Gasteiger partial charge in [0.05, 0.1) is 12.6 Å². The van der Waals surface area contributed by atoms with Crippen LogP contribution in [0.3, 0.4) is 0 Å². The Hall–Kier alpha value is -1.54. The van der Waals surface area contributed by atoms with Gasteiger partial charge in [-0.15, -0.1) is 0 Å². The molecule has 7 heteroatoms. The number of hydrogen-bond acceptors (Lipinski definition) is 5. The van der Waals surface area contributed by atoms with Crippen LogP contribution in [0.4, 0.5) is 4.39 Å². The second-order valence-electron chi connectivity index (χ2n) is 8.31. The van der Waals surface area contributed by atoms with Crippen LogP contribution in [-0.4, -0.2) is 54.2 Å². The third kappa shape index (κ3) is 4.85. The minimum atomic E-state index is -0.725. The lowest BCUT2D eigenvalue weighted by molar-refractivity contribution is -0.139. The Morgan fingerprint density at radius 1 is 1.26 bits per heavy atom. The van der Waals surface area contributed by atoms with Crippen molar-refractivity contribution in [2.24, 2.45) is 11.8 Å². The Morgan fingerprint density at radius 2 is 2.00 bits per heavy atom. The zero-order valence-corrected chi connectivity index (χ0v) is 15.5. The third-order valence-corrected chi connectivity index (χ3v) is 6.15. The molecule has 27 heavy (non-hydrogen) atoms. The average molecular weight is 376 g/mol. The molecule has 0 aromatic heterocycles. The monoisotopic (exact) mass is 376 g/mol. The number of rotatable bonds is 9. The van der Waals surface area contributed by atoms with E-state index in [1.165, 1.54) is 25.0 Å². The highest BCUT2D eigenvalue weighted by Crippen LogP contribution is 2.34. The number of nitrogens with one attached hydrogen (secondary N) is 3. The van der Waals surface area contributed by atoms with Gasteiger partial charge in [0.25, 0.3) is 0 Å². The Bertz CT molecular complexity index is 646. The predicted molar refractivity (Wildman–Crippen MR) is 101 cm³/mol. The van der Waals surface area contributed by atoms with Gasteiger partial charge in [0.1, 0.15) is 5.82 Å². The summed E-state index contributed by atoms with van der Waals surface area (Å²) >= 11 is 0. The molecule has 1 aromatic carbocycles.